The predicted octanol–water partition coefficient (Wildman–Crippen LogP) is 0.186. The Labute approximate surface area is 102 Å². The van der Waals surface area contributed by atoms with Crippen LogP contribution in [0.4, 0.5) is 0 Å². The van der Waals surface area contributed by atoms with E-state index in [-0.39, 0.29) is 22.8 Å². The van der Waals surface area contributed by atoms with Crippen molar-refractivity contribution in [3.05, 3.63) is 17.2 Å². The van der Waals surface area contributed by atoms with Gasteiger partial charge in [0.25, 0.3) is 0 Å². The topological polar surface area (TPSA) is 107 Å². The molecule has 18 heavy (non-hydrogen) atoms. The average Bonchev–Trinajstić information content (AvgIpc) is 2.76. The van der Waals surface area contributed by atoms with Gasteiger partial charge < -0.3 is 9.47 Å². The normalized spacial score (nSPS) is 10.4. The number of fused-ring (bicyclic) bond motifs is 1. The van der Waals surface area contributed by atoms with Gasteiger partial charge in [-0.1, -0.05) is 0 Å². The Morgan fingerprint density at radius 3 is 2.28 bits per heavy atom. The minimum Gasteiger partial charge on any atom is -0.464 e. The third-order valence-electron chi connectivity index (χ3n) is 2.28. The van der Waals surface area contributed by atoms with Gasteiger partial charge >= 0.3 is 11.9 Å². The van der Waals surface area contributed by atoms with E-state index in [1.165, 1.54) is 14.2 Å². The number of hydrogen-bond donors (Lipinski definition) is 1. The Morgan fingerprint density at radius 2 is 1.67 bits per heavy atom. The molecule has 0 saturated carbocycles. The molecule has 0 aromatic rings. The number of aromatic amines is 1. The number of carbonyl (C=O) groups is 2. The van der Waals surface area contributed by atoms with E-state index in [0.717, 1.165) is 0 Å². The first-order valence-electron chi connectivity index (χ1n) is 4.97. The molecular weight excluding hydrogens is 240 g/mol. The van der Waals surface area contributed by atoms with Crippen molar-refractivity contribution in [3.63, 3.8) is 0 Å². The predicted molar refractivity (Wildman–Crippen MR) is 58.2 cm³/mol. The molecule has 8 heteroatoms. The van der Waals surface area contributed by atoms with E-state index in [0.29, 0.717) is 5.82 Å². The molecule has 0 aromatic carbocycles. The highest BCUT2D eigenvalue weighted by molar-refractivity contribution is 5.99. The van der Waals surface area contributed by atoms with Crippen LogP contribution in [0, 0.1) is 6.92 Å². The molecule has 2 heterocycles. The fraction of sp³-hybridized carbons (Fsp3) is 0.300. The average molecular weight is 250 g/mol. The van der Waals surface area contributed by atoms with Gasteiger partial charge in [0.15, 0.2) is 11.4 Å². The summed E-state index contributed by atoms with van der Waals surface area (Å²) >= 11 is 0. The third-order valence-corrected chi connectivity index (χ3v) is 2.28. The second kappa shape index (κ2) is 4.40. The largest absolute Gasteiger partial charge is 0.464 e. The zero-order chi connectivity index (χ0) is 13.3. The van der Waals surface area contributed by atoms with E-state index in [4.69, 9.17) is 0 Å². The van der Waals surface area contributed by atoms with Gasteiger partial charge in [-0.15, -0.1) is 0 Å². The maximum absolute atomic E-state index is 11.5. The fourth-order valence-electron chi connectivity index (χ4n) is 1.49. The van der Waals surface area contributed by atoms with E-state index in [1.807, 2.05) is 0 Å². The SMILES string of the molecule is COC(=O)c1n[nH]c(C(=O)OC)c2nc(C)nc1-2. The fourth-order valence-corrected chi connectivity index (χ4v) is 1.49. The van der Waals surface area contributed by atoms with Crippen molar-refractivity contribution < 1.29 is 19.1 Å². The lowest BCUT2D eigenvalue weighted by Crippen LogP contribution is -2.15. The summed E-state index contributed by atoms with van der Waals surface area (Å²) in [4.78, 5) is 31.1. The van der Waals surface area contributed by atoms with Gasteiger partial charge in [0.1, 0.15) is 17.2 Å². The minimum absolute atomic E-state index is 0.0271. The number of ether oxygens (including phenoxy) is 2. The Balaban J connectivity index is 2.67. The highest BCUT2D eigenvalue weighted by atomic mass is 16.5. The molecule has 2 aliphatic heterocycles. The molecule has 2 rings (SSSR count). The standard InChI is InChI=1S/C10H10N4O4/c1-4-11-5-6(12-4)8(10(16)18-3)14-13-7(5)9(15)17-2/h13H,1-3H3. The zero-order valence-electron chi connectivity index (χ0n) is 9.97. The van der Waals surface area contributed by atoms with Gasteiger partial charge in [0.05, 0.1) is 14.2 Å². The number of imidazole rings is 1. The van der Waals surface area contributed by atoms with Gasteiger partial charge in [-0.25, -0.2) is 19.6 Å². The number of H-pyrrole nitrogens is 1. The lowest BCUT2D eigenvalue weighted by Gasteiger charge is -2.06. The van der Waals surface area contributed by atoms with Gasteiger partial charge in [0, 0.05) is 0 Å². The van der Waals surface area contributed by atoms with Crippen molar-refractivity contribution in [3.8, 4) is 11.4 Å². The van der Waals surface area contributed by atoms with Crippen LogP contribution in [-0.4, -0.2) is 46.3 Å². The van der Waals surface area contributed by atoms with E-state index in [9.17, 15) is 9.59 Å². The first kappa shape index (κ1) is 12.0. The molecule has 0 radical (unpaired) electrons. The highest BCUT2D eigenvalue weighted by Gasteiger charge is 2.28. The molecule has 2 aliphatic rings. The summed E-state index contributed by atoms with van der Waals surface area (Å²) in [7, 11) is 2.47. The molecular formula is C10H10N4O4. The molecule has 8 nitrogen and oxygen atoms in total. The van der Waals surface area contributed by atoms with Gasteiger partial charge in [-0.2, -0.15) is 5.10 Å². The summed E-state index contributed by atoms with van der Waals surface area (Å²) in [6, 6.07) is 0. The number of esters is 2. The summed E-state index contributed by atoms with van der Waals surface area (Å²) in [5.41, 5.74) is 0.453. The first-order chi connectivity index (χ1) is 8.58. The molecule has 0 atom stereocenters. The van der Waals surface area contributed by atoms with Gasteiger partial charge in [0.2, 0.25) is 0 Å². The van der Waals surface area contributed by atoms with Crippen molar-refractivity contribution in [1.82, 2.24) is 20.2 Å². The second-order valence-corrected chi connectivity index (χ2v) is 3.40. The first-order valence-corrected chi connectivity index (χ1v) is 4.97. The van der Waals surface area contributed by atoms with E-state index in [2.05, 4.69) is 29.6 Å². The molecule has 0 spiro atoms. The molecule has 0 saturated heterocycles. The Bertz CT molecular complexity index is 542. The monoisotopic (exact) mass is 250 g/mol. The second-order valence-electron chi connectivity index (χ2n) is 3.40. The minimum atomic E-state index is -0.660. The Morgan fingerprint density at radius 1 is 1.06 bits per heavy atom. The maximum atomic E-state index is 11.5. The zero-order valence-corrected chi connectivity index (χ0v) is 9.97. The summed E-state index contributed by atoms with van der Waals surface area (Å²) in [5.74, 6) is -0.877. The number of aryl methyl sites for hydroxylation is 1. The quantitative estimate of drug-likeness (QED) is 0.758. The molecule has 0 amide bonds. The lowest BCUT2D eigenvalue weighted by atomic mass is 10.2. The van der Waals surface area contributed by atoms with Crippen molar-refractivity contribution >= 4 is 11.9 Å². The summed E-state index contributed by atoms with van der Waals surface area (Å²) in [5, 5.41) is 6.19. The Kier molecular flexibility index (Phi) is 2.92. The molecule has 1 N–H and O–H groups in total. The van der Waals surface area contributed by atoms with Crippen LogP contribution in [0.3, 0.4) is 0 Å². The summed E-state index contributed by atoms with van der Waals surface area (Å²) in [6.07, 6.45) is 0. The van der Waals surface area contributed by atoms with Crippen LogP contribution in [0.15, 0.2) is 0 Å². The van der Waals surface area contributed by atoms with E-state index >= 15 is 0 Å². The summed E-state index contributed by atoms with van der Waals surface area (Å²) in [6.45, 7) is 1.64. The van der Waals surface area contributed by atoms with Crippen LogP contribution >= 0.6 is 0 Å². The van der Waals surface area contributed by atoms with Crippen molar-refractivity contribution in [2.45, 2.75) is 6.92 Å². The van der Waals surface area contributed by atoms with Crippen LogP contribution < -0.4 is 0 Å². The Hall–Kier alpha value is -2.51. The number of nitrogens with one attached hydrogen (secondary N) is 1. The van der Waals surface area contributed by atoms with Crippen LogP contribution in [0.2, 0.25) is 0 Å². The number of aromatic nitrogens is 4. The molecule has 0 aromatic heterocycles. The van der Waals surface area contributed by atoms with Crippen LogP contribution in [-0.2, 0) is 9.47 Å². The highest BCUT2D eigenvalue weighted by Crippen LogP contribution is 2.24. The molecule has 0 fully saturated rings. The lowest BCUT2D eigenvalue weighted by molar-refractivity contribution is 0.0574. The van der Waals surface area contributed by atoms with Crippen molar-refractivity contribution in [1.29, 1.82) is 0 Å². The summed E-state index contributed by atoms with van der Waals surface area (Å²) < 4.78 is 9.16. The number of rotatable bonds is 2. The van der Waals surface area contributed by atoms with Crippen molar-refractivity contribution in [2.24, 2.45) is 0 Å². The van der Waals surface area contributed by atoms with Crippen LogP contribution in [0.1, 0.15) is 26.8 Å². The third kappa shape index (κ3) is 1.77. The van der Waals surface area contributed by atoms with Crippen molar-refractivity contribution in [2.75, 3.05) is 14.2 Å². The number of carbonyl (C=O) groups excluding carboxylic acids is 2. The number of methoxy groups -OCH3 is 2. The maximum Gasteiger partial charge on any atom is 0.360 e. The number of nitrogens with zero attached hydrogens (tertiary/aromatic N) is 3. The van der Waals surface area contributed by atoms with E-state index < -0.39 is 11.9 Å². The molecule has 94 valence electrons. The van der Waals surface area contributed by atoms with Crippen LogP contribution in [0.25, 0.3) is 11.4 Å². The molecule has 0 bridgehead atoms. The number of hydrogen-bond acceptors (Lipinski definition) is 7. The molecule has 0 unspecified atom stereocenters. The molecule has 0 aliphatic carbocycles. The smallest absolute Gasteiger partial charge is 0.360 e. The van der Waals surface area contributed by atoms with E-state index in [1.54, 1.807) is 6.92 Å². The van der Waals surface area contributed by atoms with Crippen LogP contribution in [0.5, 0.6) is 0 Å². The van der Waals surface area contributed by atoms with Gasteiger partial charge in [-0.05, 0) is 6.92 Å². The van der Waals surface area contributed by atoms with Gasteiger partial charge in [-0.3, -0.25) is 5.10 Å².